The first-order valence-electron chi connectivity index (χ1n) is 7.31. The van der Waals surface area contributed by atoms with E-state index < -0.39 is 0 Å². The highest BCUT2D eigenvalue weighted by molar-refractivity contribution is 5.76. The molecule has 0 rings (SSSR count). The number of carbonyl (C=O) groups is 1. The fourth-order valence-electron chi connectivity index (χ4n) is 2.12. The monoisotopic (exact) mass is 257 g/mol. The molecular formula is C15H31NO2. The van der Waals surface area contributed by atoms with E-state index in [-0.39, 0.29) is 11.4 Å². The van der Waals surface area contributed by atoms with E-state index in [1.165, 1.54) is 0 Å². The normalized spacial score (nSPS) is 14.9. The summed E-state index contributed by atoms with van der Waals surface area (Å²) in [6, 6.07) is 0. The minimum Gasteiger partial charge on any atom is -0.464 e. The lowest BCUT2D eigenvalue weighted by molar-refractivity contribution is -0.158. The minimum atomic E-state index is -0.335. The molecule has 0 N–H and O–H groups in total. The number of nitrogens with zero attached hydrogens (tertiary/aromatic N) is 1. The van der Waals surface area contributed by atoms with Crippen molar-refractivity contribution in [2.75, 3.05) is 26.2 Å². The fourth-order valence-corrected chi connectivity index (χ4v) is 2.12. The zero-order valence-electron chi connectivity index (χ0n) is 13.1. The number of ether oxygens (including phenoxy) is 1. The number of hydrogen-bond acceptors (Lipinski definition) is 3. The van der Waals surface area contributed by atoms with Gasteiger partial charge in [-0.25, -0.2) is 0 Å². The SMILES string of the molecule is CCCC(C)(C(=O)OCCN(CC)CC)C(C)C. The molecule has 3 heteroatoms. The Balaban J connectivity index is 4.28. The number of carbonyl (C=O) groups excluding carboxylic acids is 1. The zero-order valence-corrected chi connectivity index (χ0v) is 13.1. The molecule has 0 saturated heterocycles. The fraction of sp³-hybridized carbons (Fsp3) is 0.933. The van der Waals surface area contributed by atoms with Crippen LogP contribution in [-0.2, 0) is 9.53 Å². The van der Waals surface area contributed by atoms with Crippen molar-refractivity contribution in [2.24, 2.45) is 11.3 Å². The standard InChI is InChI=1S/C15H31NO2/c1-7-10-15(6,13(4)5)14(17)18-12-11-16(8-2)9-3/h13H,7-12H2,1-6H3. The Morgan fingerprint density at radius 1 is 1.22 bits per heavy atom. The molecule has 108 valence electrons. The van der Waals surface area contributed by atoms with Crippen molar-refractivity contribution < 1.29 is 9.53 Å². The van der Waals surface area contributed by atoms with Crippen molar-refractivity contribution in [3.8, 4) is 0 Å². The van der Waals surface area contributed by atoms with Crippen molar-refractivity contribution in [2.45, 2.75) is 54.4 Å². The highest BCUT2D eigenvalue weighted by atomic mass is 16.5. The van der Waals surface area contributed by atoms with Crippen LogP contribution in [0.15, 0.2) is 0 Å². The lowest BCUT2D eigenvalue weighted by atomic mass is 9.75. The predicted octanol–water partition coefficient (Wildman–Crippen LogP) is 3.33. The summed E-state index contributed by atoms with van der Waals surface area (Å²) in [6.45, 7) is 15.9. The smallest absolute Gasteiger partial charge is 0.312 e. The quantitative estimate of drug-likeness (QED) is 0.593. The second-order valence-corrected chi connectivity index (χ2v) is 5.48. The summed E-state index contributed by atoms with van der Waals surface area (Å²) in [4.78, 5) is 14.5. The van der Waals surface area contributed by atoms with Crippen LogP contribution in [0.3, 0.4) is 0 Å². The van der Waals surface area contributed by atoms with E-state index in [1.807, 2.05) is 6.92 Å². The summed E-state index contributed by atoms with van der Waals surface area (Å²) in [5, 5.41) is 0. The van der Waals surface area contributed by atoms with E-state index in [1.54, 1.807) is 0 Å². The Morgan fingerprint density at radius 2 is 1.78 bits per heavy atom. The molecule has 0 aliphatic carbocycles. The van der Waals surface area contributed by atoms with Gasteiger partial charge in [-0.05, 0) is 32.4 Å². The highest BCUT2D eigenvalue weighted by Crippen LogP contribution is 2.33. The van der Waals surface area contributed by atoms with Crippen LogP contribution in [0.1, 0.15) is 54.4 Å². The van der Waals surface area contributed by atoms with E-state index in [0.717, 1.165) is 32.5 Å². The number of rotatable bonds is 9. The van der Waals surface area contributed by atoms with Gasteiger partial charge in [0, 0.05) is 6.54 Å². The Morgan fingerprint density at radius 3 is 2.17 bits per heavy atom. The van der Waals surface area contributed by atoms with E-state index in [2.05, 4.69) is 39.5 Å². The molecule has 0 aliphatic heterocycles. The van der Waals surface area contributed by atoms with Crippen LogP contribution in [0, 0.1) is 11.3 Å². The van der Waals surface area contributed by atoms with Crippen LogP contribution in [0.4, 0.5) is 0 Å². The summed E-state index contributed by atoms with van der Waals surface area (Å²) < 4.78 is 5.47. The molecule has 0 spiro atoms. The lowest BCUT2D eigenvalue weighted by Gasteiger charge is -2.31. The van der Waals surface area contributed by atoms with Gasteiger partial charge in [-0.1, -0.05) is 41.0 Å². The average molecular weight is 257 g/mol. The average Bonchev–Trinajstić information content (AvgIpc) is 2.34. The molecule has 0 bridgehead atoms. The van der Waals surface area contributed by atoms with Gasteiger partial charge in [0.05, 0.1) is 5.41 Å². The third kappa shape index (κ3) is 4.97. The van der Waals surface area contributed by atoms with Gasteiger partial charge in [-0.15, -0.1) is 0 Å². The first-order valence-corrected chi connectivity index (χ1v) is 7.31. The molecule has 0 saturated carbocycles. The van der Waals surface area contributed by atoms with Crippen LogP contribution in [0.5, 0.6) is 0 Å². The summed E-state index contributed by atoms with van der Waals surface area (Å²) >= 11 is 0. The Bertz CT molecular complexity index is 237. The third-order valence-electron chi connectivity index (χ3n) is 4.05. The van der Waals surface area contributed by atoms with Crippen LogP contribution in [-0.4, -0.2) is 37.1 Å². The molecular weight excluding hydrogens is 226 g/mol. The highest BCUT2D eigenvalue weighted by Gasteiger charge is 2.37. The maximum atomic E-state index is 12.2. The second kappa shape index (κ2) is 8.52. The third-order valence-corrected chi connectivity index (χ3v) is 4.05. The molecule has 0 amide bonds. The molecule has 1 unspecified atom stereocenters. The predicted molar refractivity (Wildman–Crippen MR) is 76.6 cm³/mol. The Hall–Kier alpha value is -0.570. The topological polar surface area (TPSA) is 29.5 Å². The van der Waals surface area contributed by atoms with Gasteiger partial charge < -0.3 is 9.64 Å². The maximum absolute atomic E-state index is 12.2. The largest absolute Gasteiger partial charge is 0.464 e. The molecule has 3 nitrogen and oxygen atoms in total. The van der Waals surface area contributed by atoms with Crippen molar-refractivity contribution in [3.05, 3.63) is 0 Å². The molecule has 1 atom stereocenters. The minimum absolute atomic E-state index is 0.0356. The molecule has 0 aromatic heterocycles. The molecule has 0 aromatic carbocycles. The van der Waals surface area contributed by atoms with Crippen molar-refractivity contribution >= 4 is 5.97 Å². The summed E-state index contributed by atoms with van der Waals surface area (Å²) in [5.41, 5.74) is -0.335. The van der Waals surface area contributed by atoms with E-state index in [9.17, 15) is 4.79 Å². The van der Waals surface area contributed by atoms with Gasteiger partial charge in [0.1, 0.15) is 6.61 Å². The van der Waals surface area contributed by atoms with Crippen LogP contribution in [0.25, 0.3) is 0 Å². The van der Waals surface area contributed by atoms with Gasteiger partial charge in [0.15, 0.2) is 0 Å². The first kappa shape index (κ1) is 17.4. The van der Waals surface area contributed by atoms with Crippen molar-refractivity contribution in [1.29, 1.82) is 0 Å². The van der Waals surface area contributed by atoms with E-state index in [0.29, 0.717) is 12.5 Å². The van der Waals surface area contributed by atoms with Crippen molar-refractivity contribution in [3.63, 3.8) is 0 Å². The lowest BCUT2D eigenvalue weighted by Crippen LogP contribution is -2.37. The maximum Gasteiger partial charge on any atom is 0.312 e. The number of esters is 1. The van der Waals surface area contributed by atoms with Gasteiger partial charge in [0.25, 0.3) is 0 Å². The molecule has 0 fully saturated rings. The summed E-state index contributed by atoms with van der Waals surface area (Å²) in [6.07, 6.45) is 1.91. The summed E-state index contributed by atoms with van der Waals surface area (Å²) in [7, 11) is 0. The molecule has 0 aromatic rings. The van der Waals surface area contributed by atoms with E-state index >= 15 is 0 Å². The van der Waals surface area contributed by atoms with Crippen LogP contribution >= 0.6 is 0 Å². The van der Waals surface area contributed by atoms with E-state index in [4.69, 9.17) is 4.74 Å². The molecule has 0 radical (unpaired) electrons. The van der Waals surface area contributed by atoms with Crippen LogP contribution in [0.2, 0.25) is 0 Å². The Kier molecular flexibility index (Phi) is 8.25. The number of hydrogen-bond donors (Lipinski definition) is 0. The zero-order chi connectivity index (χ0) is 14.2. The molecule has 0 heterocycles. The van der Waals surface area contributed by atoms with Gasteiger partial charge in [0.2, 0.25) is 0 Å². The summed E-state index contributed by atoms with van der Waals surface area (Å²) in [5.74, 6) is 0.282. The second-order valence-electron chi connectivity index (χ2n) is 5.48. The van der Waals surface area contributed by atoms with Gasteiger partial charge in [-0.2, -0.15) is 0 Å². The Labute approximate surface area is 113 Å². The molecule has 0 aliphatic rings. The van der Waals surface area contributed by atoms with Crippen LogP contribution < -0.4 is 0 Å². The van der Waals surface area contributed by atoms with Crippen molar-refractivity contribution in [1.82, 2.24) is 4.90 Å². The first-order chi connectivity index (χ1) is 8.42. The van der Waals surface area contributed by atoms with Gasteiger partial charge >= 0.3 is 5.97 Å². The molecule has 18 heavy (non-hydrogen) atoms. The van der Waals surface area contributed by atoms with Gasteiger partial charge in [-0.3, -0.25) is 4.79 Å². The number of likely N-dealkylation sites (N-methyl/N-ethyl adjacent to an activating group) is 1.